The van der Waals surface area contributed by atoms with Crippen LogP contribution in [0.15, 0.2) is 62.9 Å². The average Bonchev–Trinajstić information content (AvgIpc) is 2.83. The van der Waals surface area contributed by atoms with Crippen LogP contribution in [0, 0.1) is 3.57 Å². The van der Waals surface area contributed by atoms with E-state index < -0.39 is 0 Å². The molecule has 0 aliphatic carbocycles. The number of methoxy groups -OCH3 is 1. The predicted molar refractivity (Wildman–Crippen MR) is 153 cm³/mol. The largest absolute Gasteiger partial charge is 0.493 e. The van der Waals surface area contributed by atoms with Gasteiger partial charge in [-0.3, -0.25) is 4.79 Å². The lowest BCUT2D eigenvalue weighted by molar-refractivity contribution is 0.282. The molecule has 35 heavy (non-hydrogen) atoms. The van der Waals surface area contributed by atoms with E-state index in [0.717, 1.165) is 19.2 Å². The van der Waals surface area contributed by atoms with Crippen LogP contribution in [-0.4, -0.2) is 23.0 Å². The molecule has 4 rings (SSSR count). The van der Waals surface area contributed by atoms with Crippen molar-refractivity contribution in [2.24, 2.45) is 5.10 Å². The first-order chi connectivity index (χ1) is 16.8. The van der Waals surface area contributed by atoms with Gasteiger partial charge in [-0.15, -0.1) is 0 Å². The highest BCUT2D eigenvalue weighted by molar-refractivity contribution is 14.1. The summed E-state index contributed by atoms with van der Waals surface area (Å²) in [7, 11) is 1.57. The number of rotatable bonds is 7. The van der Waals surface area contributed by atoms with Crippen LogP contribution in [0.1, 0.15) is 23.9 Å². The number of fused-ring (bicyclic) bond motifs is 1. The molecule has 0 N–H and O–H groups in total. The predicted octanol–water partition coefficient (Wildman–Crippen LogP) is 7.10. The Morgan fingerprint density at radius 3 is 2.69 bits per heavy atom. The van der Waals surface area contributed by atoms with Gasteiger partial charge in [-0.1, -0.05) is 52.1 Å². The summed E-state index contributed by atoms with van der Waals surface area (Å²) in [6, 6.07) is 14.4. The first-order valence-corrected chi connectivity index (χ1v) is 13.1. The molecular formula is C25H19BrCl2IN3O3. The monoisotopic (exact) mass is 685 g/mol. The molecule has 3 aromatic carbocycles. The van der Waals surface area contributed by atoms with Crippen molar-refractivity contribution in [3.05, 3.63) is 93.9 Å². The molecule has 0 saturated heterocycles. The van der Waals surface area contributed by atoms with E-state index in [-0.39, 0.29) is 12.2 Å². The van der Waals surface area contributed by atoms with Gasteiger partial charge in [0, 0.05) is 26.5 Å². The minimum atomic E-state index is -0.231. The van der Waals surface area contributed by atoms with Gasteiger partial charge in [0.15, 0.2) is 11.5 Å². The number of halogens is 4. The van der Waals surface area contributed by atoms with Crippen molar-refractivity contribution in [2.75, 3.05) is 7.11 Å². The summed E-state index contributed by atoms with van der Waals surface area (Å²) in [6.45, 7) is 2.19. The van der Waals surface area contributed by atoms with Crippen molar-refractivity contribution < 1.29 is 9.47 Å². The number of nitrogens with zero attached hydrogens (tertiary/aromatic N) is 3. The molecule has 0 saturated carbocycles. The summed E-state index contributed by atoms with van der Waals surface area (Å²) >= 11 is 17.8. The van der Waals surface area contributed by atoms with Gasteiger partial charge in [-0.25, -0.2) is 4.98 Å². The van der Waals surface area contributed by atoms with Crippen molar-refractivity contribution in [3.63, 3.8) is 0 Å². The topological polar surface area (TPSA) is 65.7 Å². The van der Waals surface area contributed by atoms with E-state index in [1.165, 1.54) is 4.68 Å². The van der Waals surface area contributed by atoms with Gasteiger partial charge in [-0.05, 0) is 70.6 Å². The van der Waals surface area contributed by atoms with Gasteiger partial charge in [-0.2, -0.15) is 9.78 Å². The molecule has 6 nitrogen and oxygen atoms in total. The second-order valence-corrected chi connectivity index (χ2v) is 10.4. The quantitative estimate of drug-likeness (QED) is 0.154. The van der Waals surface area contributed by atoms with Crippen LogP contribution in [-0.2, 0) is 13.0 Å². The molecule has 0 atom stereocenters. The maximum absolute atomic E-state index is 13.1. The summed E-state index contributed by atoms with van der Waals surface area (Å²) in [5, 5.41) is 6.04. The zero-order valence-corrected chi connectivity index (χ0v) is 23.9. The zero-order chi connectivity index (χ0) is 25.1. The molecule has 10 heteroatoms. The van der Waals surface area contributed by atoms with Crippen LogP contribution < -0.4 is 15.0 Å². The summed E-state index contributed by atoms with van der Waals surface area (Å²) in [5.74, 6) is 1.69. The Hall–Kier alpha value is -2.14. The Morgan fingerprint density at radius 2 is 1.97 bits per heavy atom. The fraction of sp³-hybridized carbons (Fsp3) is 0.160. The average molecular weight is 687 g/mol. The highest BCUT2D eigenvalue weighted by atomic mass is 127. The van der Waals surface area contributed by atoms with Crippen molar-refractivity contribution in [1.29, 1.82) is 0 Å². The third-order valence-electron chi connectivity index (χ3n) is 5.15. The van der Waals surface area contributed by atoms with Crippen LogP contribution in [0.3, 0.4) is 0 Å². The van der Waals surface area contributed by atoms with E-state index in [9.17, 15) is 4.79 Å². The third-order valence-corrected chi connectivity index (χ3v) is 7.03. The highest BCUT2D eigenvalue weighted by Crippen LogP contribution is 2.35. The second-order valence-electron chi connectivity index (χ2n) is 7.46. The standard InChI is InChI=1S/C25H19BrCl2IN3O3/c1-3-23-31-21-7-5-16(26)10-18(21)25(33)32(23)30-12-14-8-20(29)24(22(9-14)34-2)35-13-15-4-6-17(27)11-19(15)28/h4-12H,3,13H2,1-2H3. The molecule has 0 fully saturated rings. The molecular weight excluding hydrogens is 668 g/mol. The second kappa shape index (κ2) is 11.3. The minimum absolute atomic E-state index is 0.231. The van der Waals surface area contributed by atoms with E-state index >= 15 is 0 Å². The van der Waals surface area contributed by atoms with Crippen LogP contribution in [0.5, 0.6) is 11.5 Å². The molecule has 1 heterocycles. The van der Waals surface area contributed by atoms with Crippen molar-refractivity contribution in [2.45, 2.75) is 20.0 Å². The lowest BCUT2D eigenvalue weighted by atomic mass is 10.2. The SMILES string of the molecule is CCc1nc2ccc(Br)cc2c(=O)n1N=Cc1cc(I)c(OCc2ccc(Cl)cc2Cl)c(OC)c1. The smallest absolute Gasteiger partial charge is 0.282 e. The number of aryl methyl sites for hydroxylation is 1. The summed E-state index contributed by atoms with van der Waals surface area (Å²) < 4.78 is 14.5. The number of aromatic nitrogens is 2. The van der Waals surface area contributed by atoms with E-state index in [0.29, 0.717) is 44.7 Å². The van der Waals surface area contributed by atoms with E-state index in [4.69, 9.17) is 32.7 Å². The molecule has 0 radical (unpaired) electrons. The Labute approximate surface area is 234 Å². The number of ether oxygens (including phenoxy) is 2. The maximum Gasteiger partial charge on any atom is 0.282 e. The first kappa shape index (κ1) is 25.9. The molecule has 1 aromatic heterocycles. The van der Waals surface area contributed by atoms with E-state index in [1.807, 2.05) is 31.2 Å². The Kier molecular flexibility index (Phi) is 8.36. The Morgan fingerprint density at radius 1 is 1.17 bits per heavy atom. The summed E-state index contributed by atoms with van der Waals surface area (Å²) in [6.07, 6.45) is 2.16. The van der Waals surface area contributed by atoms with Gasteiger partial charge in [0.1, 0.15) is 12.4 Å². The minimum Gasteiger partial charge on any atom is -0.493 e. The fourth-order valence-corrected chi connectivity index (χ4v) is 5.02. The molecule has 0 spiro atoms. The molecule has 0 unspecified atom stereocenters. The van der Waals surface area contributed by atoms with Gasteiger partial charge in [0.2, 0.25) is 0 Å². The van der Waals surface area contributed by atoms with Gasteiger partial charge < -0.3 is 9.47 Å². The highest BCUT2D eigenvalue weighted by Gasteiger charge is 2.14. The van der Waals surface area contributed by atoms with Gasteiger partial charge in [0.25, 0.3) is 5.56 Å². The molecule has 0 amide bonds. The lowest BCUT2D eigenvalue weighted by Gasteiger charge is -2.14. The number of hydrogen-bond donors (Lipinski definition) is 0. The summed E-state index contributed by atoms with van der Waals surface area (Å²) in [4.78, 5) is 17.7. The zero-order valence-electron chi connectivity index (χ0n) is 18.7. The van der Waals surface area contributed by atoms with E-state index in [2.05, 4.69) is 48.6 Å². The Balaban J connectivity index is 1.66. The van der Waals surface area contributed by atoms with Crippen LogP contribution in [0.25, 0.3) is 10.9 Å². The van der Waals surface area contributed by atoms with Crippen LogP contribution >= 0.6 is 61.7 Å². The molecule has 0 aliphatic heterocycles. The van der Waals surface area contributed by atoms with Gasteiger partial charge >= 0.3 is 0 Å². The normalized spacial score (nSPS) is 11.4. The molecule has 0 bridgehead atoms. The van der Waals surface area contributed by atoms with E-state index in [1.54, 1.807) is 37.6 Å². The fourth-order valence-electron chi connectivity index (χ4n) is 3.41. The van der Waals surface area contributed by atoms with Gasteiger partial charge in [0.05, 0.1) is 27.8 Å². The number of benzene rings is 3. The Bertz CT molecular complexity index is 1510. The maximum atomic E-state index is 13.1. The summed E-state index contributed by atoms with van der Waals surface area (Å²) in [5.41, 5.74) is 1.96. The van der Waals surface area contributed by atoms with Crippen molar-refractivity contribution in [3.8, 4) is 11.5 Å². The molecule has 0 aliphatic rings. The van der Waals surface area contributed by atoms with Crippen molar-refractivity contribution >= 4 is 78.8 Å². The van der Waals surface area contributed by atoms with Crippen LogP contribution in [0.2, 0.25) is 10.0 Å². The lowest BCUT2D eigenvalue weighted by Crippen LogP contribution is -2.22. The first-order valence-electron chi connectivity index (χ1n) is 10.5. The third kappa shape index (κ3) is 5.82. The van der Waals surface area contributed by atoms with Crippen LogP contribution in [0.4, 0.5) is 0 Å². The molecule has 180 valence electrons. The van der Waals surface area contributed by atoms with Crippen molar-refractivity contribution in [1.82, 2.24) is 9.66 Å². The molecule has 4 aromatic rings. The number of hydrogen-bond acceptors (Lipinski definition) is 5.